The molecule has 1 saturated heterocycles. The second-order valence-electron chi connectivity index (χ2n) is 4.38. The number of rotatable bonds is 2. The molecular weight excluding hydrogens is 222 g/mol. The maximum atomic E-state index is 11.8. The van der Waals surface area contributed by atoms with E-state index in [0.29, 0.717) is 13.0 Å². The average Bonchev–Trinajstić information content (AvgIpc) is 2.70. The summed E-state index contributed by atoms with van der Waals surface area (Å²) in [6, 6.07) is 0. The molecule has 0 spiro atoms. The van der Waals surface area contributed by atoms with Gasteiger partial charge in [-0.2, -0.15) is 0 Å². The highest BCUT2D eigenvalue weighted by Crippen LogP contribution is 2.27. The second kappa shape index (κ2) is 4.69. The molecule has 1 amide bonds. The number of likely N-dealkylation sites (tertiary alicyclic amines) is 1. The van der Waals surface area contributed by atoms with E-state index < -0.39 is 5.92 Å². The molecule has 2 aliphatic rings. The summed E-state index contributed by atoms with van der Waals surface area (Å²) >= 11 is 0. The molecule has 0 saturated carbocycles. The lowest BCUT2D eigenvalue weighted by Gasteiger charge is -2.22. The van der Waals surface area contributed by atoms with Crippen LogP contribution in [-0.4, -0.2) is 36.2 Å². The number of hydrogen-bond donors (Lipinski definition) is 0. The Kier molecular flexibility index (Phi) is 3.26. The third kappa shape index (κ3) is 2.38. The highest BCUT2D eigenvalue weighted by Gasteiger charge is 2.37. The molecule has 1 aliphatic heterocycles. The number of ketones is 1. The number of carbonyl (C=O) groups is 3. The van der Waals surface area contributed by atoms with Crippen LogP contribution < -0.4 is 0 Å². The maximum absolute atomic E-state index is 11.8. The van der Waals surface area contributed by atoms with Crippen molar-refractivity contribution < 1.29 is 19.1 Å². The fourth-order valence-corrected chi connectivity index (χ4v) is 2.30. The van der Waals surface area contributed by atoms with Gasteiger partial charge in [0.05, 0.1) is 13.0 Å². The van der Waals surface area contributed by atoms with E-state index in [-0.39, 0.29) is 24.1 Å². The summed E-state index contributed by atoms with van der Waals surface area (Å²) in [7, 11) is 1.32. The zero-order valence-electron chi connectivity index (χ0n) is 9.77. The molecule has 0 aromatic rings. The first kappa shape index (κ1) is 11.8. The van der Waals surface area contributed by atoms with Crippen molar-refractivity contribution in [1.29, 1.82) is 0 Å². The lowest BCUT2D eigenvalue weighted by molar-refractivity contribution is -0.145. The third-order valence-electron chi connectivity index (χ3n) is 3.19. The Morgan fingerprint density at radius 1 is 1.41 bits per heavy atom. The minimum absolute atomic E-state index is 0.0561. The zero-order valence-corrected chi connectivity index (χ0v) is 9.77. The van der Waals surface area contributed by atoms with E-state index in [0.717, 1.165) is 18.5 Å². The van der Waals surface area contributed by atoms with Crippen molar-refractivity contribution in [2.45, 2.75) is 25.7 Å². The smallest absolute Gasteiger partial charge is 0.311 e. The van der Waals surface area contributed by atoms with Crippen LogP contribution in [0.2, 0.25) is 0 Å². The second-order valence-corrected chi connectivity index (χ2v) is 4.38. The van der Waals surface area contributed by atoms with E-state index in [9.17, 15) is 14.4 Å². The number of methoxy groups -OCH3 is 1. The first-order valence-corrected chi connectivity index (χ1v) is 5.73. The van der Waals surface area contributed by atoms with Crippen LogP contribution in [0.25, 0.3) is 0 Å². The summed E-state index contributed by atoms with van der Waals surface area (Å²) < 4.78 is 4.64. The zero-order chi connectivity index (χ0) is 12.4. The summed E-state index contributed by atoms with van der Waals surface area (Å²) in [5.74, 6) is -0.795. The van der Waals surface area contributed by atoms with Crippen molar-refractivity contribution in [2.75, 3.05) is 13.7 Å². The Hall–Kier alpha value is -1.65. The van der Waals surface area contributed by atoms with Gasteiger partial charge in [-0.05, 0) is 12.8 Å². The molecule has 1 atom stereocenters. The quantitative estimate of drug-likeness (QED) is 0.661. The summed E-state index contributed by atoms with van der Waals surface area (Å²) in [6.07, 6.45) is 3.76. The Balaban J connectivity index is 2.10. The van der Waals surface area contributed by atoms with Crippen LogP contribution in [0.5, 0.6) is 0 Å². The molecule has 0 bridgehead atoms. The standard InChI is InChI=1S/C12H15NO4/c1-17-12(16)8-5-11(15)13(7-8)9-3-2-4-10(14)6-9/h6,8H,2-5,7H2,1H3. The van der Waals surface area contributed by atoms with Crippen molar-refractivity contribution >= 4 is 17.7 Å². The molecular formula is C12H15NO4. The van der Waals surface area contributed by atoms with Gasteiger partial charge < -0.3 is 9.64 Å². The molecule has 92 valence electrons. The van der Waals surface area contributed by atoms with Crippen LogP contribution in [0.3, 0.4) is 0 Å². The van der Waals surface area contributed by atoms with Gasteiger partial charge in [-0.1, -0.05) is 0 Å². The van der Waals surface area contributed by atoms with E-state index in [2.05, 4.69) is 4.74 Å². The number of hydrogen-bond acceptors (Lipinski definition) is 4. The molecule has 2 rings (SSSR count). The monoisotopic (exact) mass is 237 g/mol. The number of allylic oxidation sites excluding steroid dienone is 2. The molecule has 0 N–H and O–H groups in total. The van der Waals surface area contributed by atoms with Crippen molar-refractivity contribution in [3.8, 4) is 0 Å². The molecule has 5 nitrogen and oxygen atoms in total. The predicted octanol–water partition coefficient (Wildman–Crippen LogP) is 0.645. The molecule has 17 heavy (non-hydrogen) atoms. The molecule has 0 aromatic heterocycles. The van der Waals surface area contributed by atoms with Crippen LogP contribution in [0.4, 0.5) is 0 Å². The van der Waals surface area contributed by atoms with E-state index in [4.69, 9.17) is 0 Å². The van der Waals surface area contributed by atoms with Crippen LogP contribution in [-0.2, 0) is 19.1 Å². The largest absolute Gasteiger partial charge is 0.469 e. The molecule has 1 unspecified atom stereocenters. The van der Waals surface area contributed by atoms with Crippen LogP contribution in [0, 0.1) is 5.92 Å². The van der Waals surface area contributed by atoms with Gasteiger partial charge in [0, 0.05) is 31.2 Å². The minimum Gasteiger partial charge on any atom is -0.469 e. The first-order valence-electron chi connectivity index (χ1n) is 5.73. The Labute approximate surface area is 99.4 Å². The summed E-state index contributed by atoms with van der Waals surface area (Å²) in [4.78, 5) is 36.0. The molecule has 1 aliphatic carbocycles. The molecule has 5 heteroatoms. The number of esters is 1. The Morgan fingerprint density at radius 3 is 2.82 bits per heavy atom. The fraction of sp³-hybridized carbons (Fsp3) is 0.583. The van der Waals surface area contributed by atoms with Gasteiger partial charge in [0.2, 0.25) is 5.91 Å². The SMILES string of the molecule is COC(=O)C1CC(=O)N(C2=CC(=O)CCC2)C1. The Bertz CT molecular complexity index is 399. The van der Waals surface area contributed by atoms with E-state index in [1.54, 1.807) is 4.90 Å². The third-order valence-corrected chi connectivity index (χ3v) is 3.19. The van der Waals surface area contributed by atoms with Gasteiger partial charge in [0.1, 0.15) is 0 Å². The summed E-state index contributed by atoms with van der Waals surface area (Å²) in [5.41, 5.74) is 0.748. The predicted molar refractivity (Wildman–Crippen MR) is 58.8 cm³/mol. The fourth-order valence-electron chi connectivity index (χ4n) is 2.30. The number of nitrogens with zero attached hydrogens (tertiary/aromatic N) is 1. The van der Waals surface area contributed by atoms with E-state index >= 15 is 0 Å². The van der Waals surface area contributed by atoms with Gasteiger partial charge in [0.25, 0.3) is 0 Å². The molecule has 1 fully saturated rings. The molecule has 1 heterocycles. The maximum Gasteiger partial charge on any atom is 0.311 e. The van der Waals surface area contributed by atoms with Crippen molar-refractivity contribution in [1.82, 2.24) is 4.90 Å². The van der Waals surface area contributed by atoms with Crippen LogP contribution >= 0.6 is 0 Å². The highest BCUT2D eigenvalue weighted by molar-refractivity contribution is 5.93. The van der Waals surface area contributed by atoms with Crippen LogP contribution in [0.1, 0.15) is 25.7 Å². The van der Waals surface area contributed by atoms with Gasteiger partial charge >= 0.3 is 5.97 Å². The Morgan fingerprint density at radius 2 is 2.18 bits per heavy atom. The van der Waals surface area contributed by atoms with Crippen LogP contribution in [0.15, 0.2) is 11.8 Å². The van der Waals surface area contributed by atoms with Crippen molar-refractivity contribution in [3.05, 3.63) is 11.8 Å². The average molecular weight is 237 g/mol. The van der Waals surface area contributed by atoms with Gasteiger partial charge in [-0.3, -0.25) is 14.4 Å². The van der Waals surface area contributed by atoms with Crippen molar-refractivity contribution in [3.63, 3.8) is 0 Å². The summed E-state index contributed by atoms with van der Waals surface area (Å²) in [6.45, 7) is 0.338. The van der Waals surface area contributed by atoms with Gasteiger partial charge in [-0.25, -0.2) is 0 Å². The molecule has 0 radical (unpaired) electrons. The topological polar surface area (TPSA) is 63.7 Å². The number of amides is 1. The molecule has 0 aromatic carbocycles. The van der Waals surface area contributed by atoms with E-state index in [1.165, 1.54) is 13.2 Å². The lowest BCUT2D eigenvalue weighted by Crippen LogP contribution is -2.28. The van der Waals surface area contributed by atoms with E-state index in [1.807, 2.05) is 0 Å². The normalized spacial score (nSPS) is 24.9. The minimum atomic E-state index is -0.398. The summed E-state index contributed by atoms with van der Waals surface area (Å²) in [5, 5.41) is 0. The van der Waals surface area contributed by atoms with Gasteiger partial charge in [0.15, 0.2) is 5.78 Å². The highest BCUT2D eigenvalue weighted by atomic mass is 16.5. The number of ether oxygens (including phenoxy) is 1. The van der Waals surface area contributed by atoms with Gasteiger partial charge in [-0.15, -0.1) is 0 Å². The first-order chi connectivity index (χ1) is 8.11. The number of carbonyl (C=O) groups excluding carboxylic acids is 3. The lowest BCUT2D eigenvalue weighted by atomic mass is 10.0. The van der Waals surface area contributed by atoms with Crippen molar-refractivity contribution in [2.24, 2.45) is 5.92 Å².